The molecule has 1 aromatic carbocycles. The molecule has 0 saturated heterocycles. The number of rotatable bonds is 3. The second-order valence-corrected chi connectivity index (χ2v) is 3.97. The minimum atomic E-state index is -0.250. The molecule has 0 atom stereocenters. The van der Waals surface area contributed by atoms with E-state index in [2.05, 4.69) is 10.4 Å². The van der Waals surface area contributed by atoms with Crippen molar-refractivity contribution in [2.75, 3.05) is 14.2 Å². The van der Waals surface area contributed by atoms with E-state index in [-0.39, 0.29) is 5.91 Å². The average molecular weight is 266 g/mol. The van der Waals surface area contributed by atoms with Gasteiger partial charge in [0, 0.05) is 12.1 Å². The summed E-state index contributed by atoms with van der Waals surface area (Å²) < 4.78 is 6.75. The first kappa shape index (κ1) is 12.4. The van der Waals surface area contributed by atoms with Crippen LogP contribution < -0.4 is 10.1 Å². The van der Waals surface area contributed by atoms with Gasteiger partial charge in [0.25, 0.3) is 5.91 Å². The molecule has 0 spiro atoms. The van der Waals surface area contributed by atoms with Gasteiger partial charge in [0.1, 0.15) is 5.56 Å². The van der Waals surface area contributed by atoms with Gasteiger partial charge in [-0.1, -0.05) is 17.7 Å². The molecule has 0 aliphatic rings. The first-order chi connectivity index (χ1) is 8.67. The van der Waals surface area contributed by atoms with E-state index in [1.165, 1.54) is 18.0 Å². The molecule has 2 aromatic rings. The molecule has 1 aromatic heterocycles. The third kappa shape index (κ3) is 2.17. The molecule has 0 bridgehead atoms. The molecule has 0 aliphatic carbocycles. The molecule has 0 unspecified atom stereocenters. The van der Waals surface area contributed by atoms with Gasteiger partial charge in [-0.15, -0.1) is 0 Å². The Hall–Kier alpha value is -2.01. The number of amides is 1. The molecule has 0 aliphatic heterocycles. The van der Waals surface area contributed by atoms with Crippen LogP contribution in [0.4, 0.5) is 0 Å². The molecule has 0 saturated carbocycles. The highest BCUT2D eigenvalue weighted by molar-refractivity contribution is 6.30. The molecule has 6 heteroatoms. The van der Waals surface area contributed by atoms with Crippen molar-refractivity contribution < 1.29 is 9.53 Å². The maximum atomic E-state index is 11.6. The first-order valence-electron chi connectivity index (χ1n) is 5.27. The fourth-order valence-corrected chi connectivity index (χ4v) is 1.80. The maximum Gasteiger partial charge on any atom is 0.258 e. The number of nitrogens with one attached hydrogen (secondary N) is 1. The van der Waals surface area contributed by atoms with Crippen LogP contribution in [-0.4, -0.2) is 29.8 Å². The average Bonchev–Trinajstić information content (AvgIpc) is 2.81. The topological polar surface area (TPSA) is 56.2 Å². The van der Waals surface area contributed by atoms with Crippen molar-refractivity contribution in [3.8, 4) is 11.6 Å². The van der Waals surface area contributed by atoms with Crippen LogP contribution in [-0.2, 0) is 0 Å². The Balaban J connectivity index is 2.52. The van der Waals surface area contributed by atoms with Crippen LogP contribution in [0.15, 0.2) is 30.5 Å². The van der Waals surface area contributed by atoms with Crippen molar-refractivity contribution in [1.29, 1.82) is 0 Å². The zero-order valence-corrected chi connectivity index (χ0v) is 10.7. The lowest BCUT2D eigenvalue weighted by atomic mass is 10.3. The maximum absolute atomic E-state index is 11.6. The predicted molar refractivity (Wildman–Crippen MR) is 68.5 cm³/mol. The minimum Gasteiger partial charge on any atom is -0.480 e. The van der Waals surface area contributed by atoms with E-state index in [1.54, 1.807) is 25.2 Å². The van der Waals surface area contributed by atoms with Crippen molar-refractivity contribution in [1.82, 2.24) is 15.1 Å². The predicted octanol–water partition coefficient (Wildman–Crippen LogP) is 1.89. The SMILES string of the molecule is CNC(=O)c1cnn(-c2cccc(Cl)c2)c1OC. The second kappa shape index (κ2) is 5.10. The molecule has 2 rings (SSSR count). The standard InChI is InChI=1S/C12H12ClN3O2/c1-14-11(17)10-7-15-16(12(10)18-2)9-5-3-4-8(13)6-9/h3-7H,1-2H3,(H,14,17). The summed E-state index contributed by atoms with van der Waals surface area (Å²) in [5, 5.41) is 7.26. The summed E-state index contributed by atoms with van der Waals surface area (Å²) in [4.78, 5) is 11.6. The van der Waals surface area contributed by atoms with Crippen molar-refractivity contribution in [3.05, 3.63) is 41.0 Å². The normalized spacial score (nSPS) is 10.2. The van der Waals surface area contributed by atoms with Crippen molar-refractivity contribution in [2.24, 2.45) is 0 Å². The lowest BCUT2D eigenvalue weighted by Gasteiger charge is -2.07. The number of hydrogen-bond donors (Lipinski definition) is 1. The summed E-state index contributed by atoms with van der Waals surface area (Å²) in [6.45, 7) is 0. The van der Waals surface area contributed by atoms with Gasteiger partial charge in [0.2, 0.25) is 5.88 Å². The number of aromatic nitrogens is 2. The number of carbonyl (C=O) groups is 1. The number of halogens is 1. The van der Waals surface area contributed by atoms with E-state index < -0.39 is 0 Å². The second-order valence-electron chi connectivity index (χ2n) is 3.54. The van der Waals surface area contributed by atoms with Crippen LogP contribution in [0, 0.1) is 0 Å². The molecule has 94 valence electrons. The summed E-state index contributed by atoms with van der Waals surface area (Å²) in [5.74, 6) is 0.122. The zero-order valence-electron chi connectivity index (χ0n) is 9.98. The molecule has 18 heavy (non-hydrogen) atoms. The van der Waals surface area contributed by atoms with Crippen LogP contribution in [0.1, 0.15) is 10.4 Å². The molecular formula is C12H12ClN3O2. The quantitative estimate of drug-likeness (QED) is 0.922. The largest absolute Gasteiger partial charge is 0.480 e. The van der Waals surface area contributed by atoms with Crippen molar-refractivity contribution >= 4 is 17.5 Å². The molecule has 0 fully saturated rings. The van der Waals surface area contributed by atoms with E-state index in [0.717, 1.165) is 5.69 Å². The third-order valence-corrected chi connectivity index (χ3v) is 2.68. The van der Waals surface area contributed by atoms with Gasteiger partial charge < -0.3 is 10.1 Å². The number of benzene rings is 1. The molecule has 1 N–H and O–H groups in total. The Kier molecular flexibility index (Phi) is 3.53. The fourth-order valence-electron chi connectivity index (χ4n) is 1.62. The van der Waals surface area contributed by atoms with Gasteiger partial charge >= 0.3 is 0 Å². The Morgan fingerprint density at radius 2 is 2.28 bits per heavy atom. The summed E-state index contributed by atoms with van der Waals surface area (Å²) in [6, 6.07) is 7.14. The van der Waals surface area contributed by atoms with Gasteiger partial charge in [-0.25, -0.2) is 4.68 Å². The summed E-state index contributed by atoms with van der Waals surface area (Å²) >= 11 is 5.93. The Morgan fingerprint density at radius 1 is 1.50 bits per heavy atom. The van der Waals surface area contributed by atoms with Crippen LogP contribution in [0.2, 0.25) is 5.02 Å². The molecular weight excluding hydrogens is 254 g/mol. The van der Waals surface area contributed by atoms with E-state index in [9.17, 15) is 4.79 Å². The number of nitrogens with zero attached hydrogens (tertiary/aromatic N) is 2. The van der Waals surface area contributed by atoms with Crippen LogP contribution >= 0.6 is 11.6 Å². The van der Waals surface area contributed by atoms with Gasteiger partial charge in [-0.2, -0.15) is 5.10 Å². The summed E-state index contributed by atoms with van der Waals surface area (Å²) in [5.41, 5.74) is 1.11. The summed E-state index contributed by atoms with van der Waals surface area (Å²) in [7, 11) is 3.04. The fraction of sp³-hybridized carbons (Fsp3) is 0.167. The molecule has 0 radical (unpaired) electrons. The Morgan fingerprint density at radius 3 is 2.89 bits per heavy atom. The van der Waals surface area contributed by atoms with E-state index in [1.807, 2.05) is 6.07 Å². The molecule has 1 heterocycles. The van der Waals surface area contributed by atoms with Gasteiger partial charge in [0.15, 0.2) is 0 Å². The number of methoxy groups -OCH3 is 1. The molecule has 5 nitrogen and oxygen atoms in total. The van der Waals surface area contributed by atoms with Crippen molar-refractivity contribution in [3.63, 3.8) is 0 Å². The zero-order chi connectivity index (χ0) is 13.1. The van der Waals surface area contributed by atoms with Crippen LogP contribution in [0.5, 0.6) is 5.88 Å². The molecule has 1 amide bonds. The van der Waals surface area contributed by atoms with Gasteiger partial charge in [0.05, 0.1) is 19.0 Å². The van der Waals surface area contributed by atoms with E-state index in [0.29, 0.717) is 16.5 Å². The van der Waals surface area contributed by atoms with E-state index >= 15 is 0 Å². The highest BCUT2D eigenvalue weighted by Crippen LogP contribution is 2.23. The Bertz CT molecular complexity index is 580. The lowest BCUT2D eigenvalue weighted by molar-refractivity contribution is 0.0960. The number of ether oxygens (including phenoxy) is 1. The van der Waals surface area contributed by atoms with Gasteiger partial charge in [-0.3, -0.25) is 4.79 Å². The number of hydrogen-bond acceptors (Lipinski definition) is 3. The monoisotopic (exact) mass is 265 g/mol. The van der Waals surface area contributed by atoms with Crippen molar-refractivity contribution in [2.45, 2.75) is 0 Å². The number of carbonyl (C=O) groups excluding carboxylic acids is 1. The van der Waals surface area contributed by atoms with E-state index in [4.69, 9.17) is 16.3 Å². The highest BCUT2D eigenvalue weighted by Gasteiger charge is 2.18. The third-order valence-electron chi connectivity index (χ3n) is 2.44. The smallest absolute Gasteiger partial charge is 0.258 e. The first-order valence-corrected chi connectivity index (χ1v) is 5.65. The van der Waals surface area contributed by atoms with Crippen LogP contribution in [0.25, 0.3) is 5.69 Å². The van der Waals surface area contributed by atoms with Crippen LogP contribution in [0.3, 0.4) is 0 Å². The highest BCUT2D eigenvalue weighted by atomic mass is 35.5. The minimum absolute atomic E-state index is 0.250. The summed E-state index contributed by atoms with van der Waals surface area (Å²) in [6.07, 6.45) is 1.46. The van der Waals surface area contributed by atoms with Gasteiger partial charge in [-0.05, 0) is 18.2 Å². The Labute approximate surface area is 109 Å². The lowest BCUT2D eigenvalue weighted by Crippen LogP contribution is -2.18.